The maximum atomic E-state index is 12.1. The minimum absolute atomic E-state index is 0.0524. The van der Waals surface area contributed by atoms with Gasteiger partial charge in [-0.2, -0.15) is 0 Å². The van der Waals surface area contributed by atoms with E-state index >= 15 is 0 Å². The van der Waals surface area contributed by atoms with Gasteiger partial charge in [-0.25, -0.2) is 4.79 Å². The molecule has 116 valence electrons. The van der Waals surface area contributed by atoms with Gasteiger partial charge in [-0.1, -0.05) is 18.2 Å². The summed E-state index contributed by atoms with van der Waals surface area (Å²) in [5, 5.41) is 0. The summed E-state index contributed by atoms with van der Waals surface area (Å²) in [6.45, 7) is 7.68. The minimum Gasteiger partial charge on any atom is -0.466 e. The Morgan fingerprint density at radius 2 is 1.86 bits per heavy atom. The lowest BCUT2D eigenvalue weighted by atomic mass is 10.00. The van der Waals surface area contributed by atoms with Gasteiger partial charge < -0.3 is 18.9 Å². The average Bonchev–Trinajstić information content (AvgIpc) is 2.42. The zero-order valence-corrected chi connectivity index (χ0v) is 13.0. The van der Waals surface area contributed by atoms with Crippen molar-refractivity contribution in [2.75, 3.05) is 27.8 Å². The summed E-state index contributed by atoms with van der Waals surface area (Å²) in [5.41, 5.74) is 3.16. The smallest absolute Gasteiger partial charge is 0.344 e. The average molecular weight is 294 g/mol. The van der Waals surface area contributed by atoms with Crippen molar-refractivity contribution >= 4 is 5.97 Å². The van der Waals surface area contributed by atoms with Crippen LogP contribution in [0.25, 0.3) is 0 Å². The van der Waals surface area contributed by atoms with E-state index in [9.17, 15) is 4.79 Å². The van der Waals surface area contributed by atoms with Crippen LogP contribution in [-0.4, -0.2) is 33.8 Å². The van der Waals surface area contributed by atoms with Gasteiger partial charge in [-0.05, 0) is 37.5 Å². The van der Waals surface area contributed by atoms with Gasteiger partial charge in [-0.15, -0.1) is 0 Å². The third kappa shape index (κ3) is 5.21. The van der Waals surface area contributed by atoms with Crippen molar-refractivity contribution < 1.29 is 23.7 Å². The predicted octanol–water partition coefficient (Wildman–Crippen LogP) is 2.86. The molecule has 0 saturated heterocycles. The molecule has 5 nitrogen and oxygen atoms in total. The Kier molecular flexibility index (Phi) is 6.91. The number of methoxy groups -OCH3 is 2. The van der Waals surface area contributed by atoms with Crippen LogP contribution in [0, 0.1) is 6.92 Å². The Hall–Kier alpha value is -1.85. The molecule has 21 heavy (non-hydrogen) atoms. The summed E-state index contributed by atoms with van der Waals surface area (Å²) < 4.78 is 20.3. The molecular formula is C16H22O5. The number of rotatable bonds is 8. The van der Waals surface area contributed by atoms with Crippen LogP contribution in [0.5, 0.6) is 5.75 Å². The number of carbonyl (C=O) groups is 1. The first kappa shape index (κ1) is 17.2. The van der Waals surface area contributed by atoms with Gasteiger partial charge in [0.15, 0.2) is 13.6 Å². The Morgan fingerprint density at radius 3 is 2.43 bits per heavy atom. The molecule has 0 saturated carbocycles. The molecule has 5 heteroatoms. The maximum absolute atomic E-state index is 12.1. The summed E-state index contributed by atoms with van der Waals surface area (Å²) in [4.78, 5) is 12.1. The van der Waals surface area contributed by atoms with Crippen molar-refractivity contribution in [1.29, 1.82) is 0 Å². The Labute approximate surface area is 125 Å². The van der Waals surface area contributed by atoms with E-state index in [2.05, 4.69) is 6.58 Å². The molecule has 0 N–H and O–H groups in total. The van der Waals surface area contributed by atoms with E-state index in [4.69, 9.17) is 18.9 Å². The van der Waals surface area contributed by atoms with Crippen LogP contribution in [0.3, 0.4) is 0 Å². The van der Waals surface area contributed by atoms with E-state index in [0.717, 1.165) is 16.7 Å². The number of hydrogen-bond donors (Lipinski definition) is 0. The molecule has 0 amide bonds. The molecule has 0 aliphatic heterocycles. The summed E-state index contributed by atoms with van der Waals surface area (Å²) >= 11 is 0. The van der Waals surface area contributed by atoms with Crippen LogP contribution >= 0.6 is 0 Å². The molecule has 0 atom stereocenters. The third-order valence-electron chi connectivity index (χ3n) is 2.65. The number of aryl methyl sites for hydroxylation is 1. The highest BCUT2D eigenvalue weighted by atomic mass is 16.7. The van der Waals surface area contributed by atoms with Gasteiger partial charge in [-0.3, -0.25) is 0 Å². The lowest BCUT2D eigenvalue weighted by Gasteiger charge is -2.16. The highest BCUT2D eigenvalue weighted by molar-refractivity contribution is 5.93. The summed E-state index contributed by atoms with van der Waals surface area (Å²) in [7, 11) is 2.98. The molecule has 1 rings (SSSR count). The first-order valence-electron chi connectivity index (χ1n) is 6.55. The molecule has 0 aromatic heterocycles. The number of carbonyl (C=O) groups excluding carboxylic acids is 1. The highest BCUT2D eigenvalue weighted by Gasteiger charge is 2.19. The molecule has 1 aromatic carbocycles. The second-order valence-electron chi connectivity index (χ2n) is 4.82. The molecular weight excluding hydrogens is 272 g/mol. The fraction of sp³-hybridized carbons (Fsp3) is 0.438. The van der Waals surface area contributed by atoms with Crippen molar-refractivity contribution in [1.82, 2.24) is 0 Å². The first-order chi connectivity index (χ1) is 9.99. The van der Waals surface area contributed by atoms with E-state index < -0.39 is 5.97 Å². The topological polar surface area (TPSA) is 54.0 Å². The highest BCUT2D eigenvalue weighted by Crippen LogP contribution is 2.29. The van der Waals surface area contributed by atoms with Crippen molar-refractivity contribution in [2.24, 2.45) is 0 Å². The lowest BCUT2D eigenvalue weighted by molar-refractivity contribution is -0.0133. The number of esters is 1. The molecule has 0 aliphatic rings. The van der Waals surface area contributed by atoms with Gasteiger partial charge >= 0.3 is 5.97 Å². The Bertz CT molecular complexity index is 508. The van der Waals surface area contributed by atoms with Crippen LogP contribution in [0.1, 0.15) is 28.4 Å². The molecule has 0 heterocycles. The van der Waals surface area contributed by atoms with Crippen LogP contribution in [0.4, 0.5) is 0 Å². The van der Waals surface area contributed by atoms with E-state index in [1.807, 2.05) is 19.9 Å². The fourth-order valence-corrected chi connectivity index (χ4v) is 1.93. The second-order valence-corrected chi connectivity index (χ2v) is 4.82. The van der Waals surface area contributed by atoms with Crippen LogP contribution in [0.2, 0.25) is 0 Å². The fourth-order valence-electron chi connectivity index (χ4n) is 1.93. The number of benzene rings is 1. The zero-order chi connectivity index (χ0) is 15.8. The molecule has 0 unspecified atom stereocenters. The molecule has 0 fully saturated rings. The standard InChI is InChI=1S/C16H22O5/c1-11(2)6-13-7-12(3)8-14(15(13)20-9-18-4)16(17)21-10-19-5/h7-8H,1,6,9-10H2,2-5H3. The van der Waals surface area contributed by atoms with E-state index in [1.54, 1.807) is 6.07 Å². The maximum Gasteiger partial charge on any atom is 0.344 e. The Morgan fingerprint density at radius 1 is 1.19 bits per heavy atom. The quantitative estimate of drug-likeness (QED) is 0.419. The molecule has 0 spiro atoms. The summed E-state index contributed by atoms with van der Waals surface area (Å²) in [6.07, 6.45) is 0.616. The van der Waals surface area contributed by atoms with Crippen molar-refractivity contribution in [2.45, 2.75) is 20.3 Å². The zero-order valence-electron chi connectivity index (χ0n) is 13.0. The second kappa shape index (κ2) is 8.44. The molecule has 0 radical (unpaired) electrons. The van der Waals surface area contributed by atoms with Crippen LogP contribution in [0.15, 0.2) is 24.3 Å². The van der Waals surface area contributed by atoms with E-state index in [-0.39, 0.29) is 13.6 Å². The summed E-state index contributed by atoms with van der Waals surface area (Å²) in [5.74, 6) is -0.0267. The number of allylic oxidation sites excluding steroid dienone is 1. The number of hydrogen-bond acceptors (Lipinski definition) is 5. The van der Waals surface area contributed by atoms with Gasteiger partial charge in [0.05, 0.1) is 0 Å². The van der Waals surface area contributed by atoms with Gasteiger partial charge in [0.25, 0.3) is 0 Å². The van der Waals surface area contributed by atoms with Crippen molar-refractivity contribution in [3.63, 3.8) is 0 Å². The lowest BCUT2D eigenvalue weighted by Crippen LogP contribution is -2.13. The SMILES string of the molecule is C=C(C)Cc1cc(C)cc(C(=O)OCOC)c1OCOC. The van der Waals surface area contributed by atoms with Crippen LogP contribution < -0.4 is 4.74 Å². The van der Waals surface area contributed by atoms with Crippen molar-refractivity contribution in [3.8, 4) is 5.75 Å². The largest absolute Gasteiger partial charge is 0.466 e. The van der Waals surface area contributed by atoms with Crippen LogP contribution in [-0.2, 0) is 20.6 Å². The molecule has 1 aromatic rings. The minimum atomic E-state index is -0.491. The monoisotopic (exact) mass is 294 g/mol. The number of ether oxygens (including phenoxy) is 4. The molecule has 0 bridgehead atoms. The van der Waals surface area contributed by atoms with E-state index in [1.165, 1.54) is 14.2 Å². The Balaban J connectivity index is 3.21. The normalized spacial score (nSPS) is 10.3. The molecule has 0 aliphatic carbocycles. The predicted molar refractivity (Wildman–Crippen MR) is 79.5 cm³/mol. The van der Waals surface area contributed by atoms with E-state index in [0.29, 0.717) is 17.7 Å². The van der Waals surface area contributed by atoms with Gasteiger partial charge in [0.1, 0.15) is 11.3 Å². The van der Waals surface area contributed by atoms with Gasteiger partial charge in [0, 0.05) is 14.2 Å². The van der Waals surface area contributed by atoms with Crippen molar-refractivity contribution in [3.05, 3.63) is 41.0 Å². The summed E-state index contributed by atoms with van der Waals surface area (Å²) in [6, 6.07) is 3.69. The first-order valence-corrected chi connectivity index (χ1v) is 6.55. The third-order valence-corrected chi connectivity index (χ3v) is 2.65. The van der Waals surface area contributed by atoms with Gasteiger partial charge in [0.2, 0.25) is 0 Å².